The number of H-pyrrole nitrogens is 1. The summed E-state index contributed by atoms with van der Waals surface area (Å²) in [6, 6.07) is 6.55. The standard InChI is InChI=1S/C28H31N5O10/c29-18(9-14-5-7-16(34)8-6-14)25(39)31-20(11-23(35)36)26(40)32-21(12-24(37)38)27(41)33-22(28(42)43)10-15-13-30-19-4-2-1-3-17(15)19/h1-8,13,18,20-22,30,34H,9-12,29H2,(H,31,39)(H,32,40)(H,33,41)(H,35,36)(H,37,38)(H,42,43). The van der Waals surface area contributed by atoms with Crippen LogP contribution in [0.2, 0.25) is 0 Å². The largest absolute Gasteiger partial charge is 0.508 e. The Labute approximate surface area is 244 Å². The van der Waals surface area contributed by atoms with Gasteiger partial charge in [0, 0.05) is 23.5 Å². The van der Waals surface area contributed by atoms with Crippen molar-refractivity contribution in [3.8, 4) is 5.75 Å². The molecule has 2 aromatic carbocycles. The highest BCUT2D eigenvalue weighted by Crippen LogP contribution is 2.19. The van der Waals surface area contributed by atoms with E-state index in [4.69, 9.17) is 5.73 Å². The van der Waals surface area contributed by atoms with Crippen LogP contribution in [0.4, 0.5) is 0 Å². The number of rotatable bonds is 15. The fourth-order valence-electron chi connectivity index (χ4n) is 4.29. The molecule has 1 aromatic heterocycles. The van der Waals surface area contributed by atoms with Crippen LogP contribution in [-0.4, -0.2) is 85.2 Å². The summed E-state index contributed by atoms with van der Waals surface area (Å²) in [6.07, 6.45) is -0.511. The Morgan fingerprint density at radius 1 is 0.721 bits per heavy atom. The number of phenolic OH excluding ortho intramolecular Hbond substituents is 1. The zero-order valence-electron chi connectivity index (χ0n) is 22.6. The fraction of sp³-hybridized carbons (Fsp3) is 0.286. The molecule has 3 aromatic rings. The highest BCUT2D eigenvalue weighted by atomic mass is 16.4. The summed E-state index contributed by atoms with van der Waals surface area (Å²) in [7, 11) is 0. The molecule has 15 nitrogen and oxygen atoms in total. The van der Waals surface area contributed by atoms with Gasteiger partial charge in [0.05, 0.1) is 18.9 Å². The number of carboxylic acids is 3. The maximum atomic E-state index is 13.0. The molecule has 3 amide bonds. The van der Waals surface area contributed by atoms with E-state index in [1.54, 1.807) is 30.5 Å². The van der Waals surface area contributed by atoms with E-state index in [9.17, 15) is 49.2 Å². The summed E-state index contributed by atoms with van der Waals surface area (Å²) in [5.74, 6) is -7.68. The van der Waals surface area contributed by atoms with Gasteiger partial charge in [-0.3, -0.25) is 24.0 Å². The lowest BCUT2D eigenvalue weighted by Crippen LogP contribution is -2.58. The summed E-state index contributed by atoms with van der Waals surface area (Å²) < 4.78 is 0. The minimum atomic E-state index is -1.81. The highest BCUT2D eigenvalue weighted by Gasteiger charge is 2.33. The van der Waals surface area contributed by atoms with Gasteiger partial charge < -0.3 is 47.1 Å². The van der Waals surface area contributed by atoms with Crippen molar-refractivity contribution in [2.75, 3.05) is 0 Å². The minimum absolute atomic E-state index is 0.00689. The van der Waals surface area contributed by atoms with Gasteiger partial charge in [-0.1, -0.05) is 30.3 Å². The van der Waals surface area contributed by atoms with Crippen LogP contribution in [0.5, 0.6) is 5.75 Å². The second-order valence-corrected chi connectivity index (χ2v) is 9.76. The predicted molar refractivity (Wildman–Crippen MR) is 150 cm³/mol. The monoisotopic (exact) mass is 597 g/mol. The van der Waals surface area contributed by atoms with Gasteiger partial charge in [0.1, 0.15) is 23.9 Å². The average Bonchev–Trinajstić information content (AvgIpc) is 3.35. The van der Waals surface area contributed by atoms with Crippen LogP contribution in [-0.2, 0) is 41.6 Å². The maximum Gasteiger partial charge on any atom is 0.326 e. The number of aromatic nitrogens is 1. The van der Waals surface area contributed by atoms with Gasteiger partial charge in [-0.2, -0.15) is 0 Å². The number of nitrogens with two attached hydrogens (primary N) is 1. The van der Waals surface area contributed by atoms with Gasteiger partial charge in [0.15, 0.2) is 0 Å². The lowest BCUT2D eigenvalue weighted by molar-refractivity contribution is -0.145. The molecule has 0 bridgehead atoms. The topological polar surface area (TPSA) is 261 Å². The Kier molecular flexibility index (Phi) is 10.8. The van der Waals surface area contributed by atoms with Crippen molar-refractivity contribution in [3.63, 3.8) is 0 Å². The number of amides is 3. The zero-order chi connectivity index (χ0) is 31.7. The predicted octanol–water partition coefficient (Wildman–Crippen LogP) is -0.526. The molecular formula is C28H31N5O10. The molecule has 0 aliphatic heterocycles. The van der Waals surface area contributed by atoms with Gasteiger partial charge in [-0.05, 0) is 35.7 Å². The number of hydrogen-bond acceptors (Lipinski definition) is 8. The van der Waals surface area contributed by atoms with E-state index >= 15 is 0 Å². The second kappa shape index (κ2) is 14.5. The first-order chi connectivity index (χ1) is 20.3. The number of aromatic hydroxyl groups is 1. The number of aliphatic carboxylic acids is 3. The molecule has 15 heteroatoms. The zero-order valence-corrected chi connectivity index (χ0v) is 22.6. The molecule has 0 fully saturated rings. The van der Waals surface area contributed by atoms with Crippen molar-refractivity contribution in [2.45, 2.75) is 49.9 Å². The van der Waals surface area contributed by atoms with Crippen molar-refractivity contribution in [1.82, 2.24) is 20.9 Å². The van der Waals surface area contributed by atoms with E-state index in [1.807, 2.05) is 0 Å². The Balaban J connectivity index is 1.71. The van der Waals surface area contributed by atoms with E-state index in [1.165, 1.54) is 24.3 Å². The molecule has 0 saturated carbocycles. The van der Waals surface area contributed by atoms with E-state index in [0.29, 0.717) is 16.5 Å². The molecular weight excluding hydrogens is 566 g/mol. The number of carbonyl (C=O) groups is 6. The summed E-state index contributed by atoms with van der Waals surface area (Å²) >= 11 is 0. The third kappa shape index (κ3) is 9.29. The first-order valence-corrected chi connectivity index (χ1v) is 13.0. The number of hydrogen-bond donors (Lipinski definition) is 9. The van der Waals surface area contributed by atoms with Crippen LogP contribution < -0.4 is 21.7 Å². The molecule has 0 radical (unpaired) electrons. The van der Waals surface area contributed by atoms with Gasteiger partial charge in [0.25, 0.3) is 0 Å². The Morgan fingerprint density at radius 2 is 1.26 bits per heavy atom. The van der Waals surface area contributed by atoms with Gasteiger partial charge >= 0.3 is 17.9 Å². The summed E-state index contributed by atoms with van der Waals surface area (Å²) in [5.41, 5.74) is 7.77. The van der Waals surface area contributed by atoms with Gasteiger partial charge in [-0.25, -0.2) is 4.79 Å². The fourth-order valence-corrected chi connectivity index (χ4v) is 4.29. The SMILES string of the molecule is NC(Cc1ccc(O)cc1)C(=O)NC(CC(=O)O)C(=O)NC(CC(=O)O)C(=O)NC(Cc1c[nH]c2ccccc12)C(=O)O. The molecule has 0 spiro atoms. The van der Waals surface area contributed by atoms with Crippen molar-refractivity contribution in [2.24, 2.45) is 5.73 Å². The van der Waals surface area contributed by atoms with E-state index in [2.05, 4.69) is 20.9 Å². The first-order valence-electron chi connectivity index (χ1n) is 13.0. The molecule has 3 rings (SSSR count). The molecule has 228 valence electrons. The van der Waals surface area contributed by atoms with E-state index < -0.39 is 72.6 Å². The van der Waals surface area contributed by atoms with E-state index in [-0.39, 0.29) is 18.6 Å². The Hall–Kier alpha value is -5.44. The maximum absolute atomic E-state index is 13.0. The molecule has 1 heterocycles. The lowest BCUT2D eigenvalue weighted by Gasteiger charge is -2.24. The molecule has 0 aliphatic carbocycles. The molecule has 0 aliphatic rings. The van der Waals surface area contributed by atoms with Crippen LogP contribution in [0.3, 0.4) is 0 Å². The third-order valence-corrected chi connectivity index (χ3v) is 6.47. The summed E-state index contributed by atoms with van der Waals surface area (Å²) in [5, 5.41) is 45.0. The third-order valence-electron chi connectivity index (χ3n) is 6.47. The van der Waals surface area contributed by atoms with Crippen molar-refractivity contribution >= 4 is 46.5 Å². The summed E-state index contributed by atoms with van der Waals surface area (Å²) in [4.78, 5) is 76.5. The van der Waals surface area contributed by atoms with Crippen LogP contribution >= 0.6 is 0 Å². The number of phenols is 1. The Morgan fingerprint density at radius 3 is 1.81 bits per heavy atom. The quantitative estimate of drug-likeness (QED) is 0.108. The molecule has 0 saturated heterocycles. The number of benzene rings is 2. The number of fused-ring (bicyclic) bond motifs is 1. The van der Waals surface area contributed by atoms with Crippen molar-refractivity contribution in [3.05, 3.63) is 65.9 Å². The number of carboxylic acid groups (broad SMARTS) is 3. The van der Waals surface area contributed by atoms with Crippen LogP contribution in [0, 0.1) is 0 Å². The van der Waals surface area contributed by atoms with Gasteiger partial charge in [0.2, 0.25) is 17.7 Å². The van der Waals surface area contributed by atoms with Crippen LogP contribution in [0.15, 0.2) is 54.7 Å². The number of carbonyl (C=O) groups excluding carboxylic acids is 3. The van der Waals surface area contributed by atoms with Crippen molar-refractivity contribution < 1.29 is 49.2 Å². The lowest BCUT2D eigenvalue weighted by atomic mass is 10.0. The van der Waals surface area contributed by atoms with Crippen LogP contribution in [0.25, 0.3) is 10.9 Å². The van der Waals surface area contributed by atoms with Crippen LogP contribution in [0.1, 0.15) is 24.0 Å². The number of aromatic amines is 1. The molecule has 10 N–H and O–H groups in total. The summed E-state index contributed by atoms with van der Waals surface area (Å²) in [6.45, 7) is 0. The average molecular weight is 598 g/mol. The number of para-hydroxylation sites is 1. The smallest absolute Gasteiger partial charge is 0.326 e. The highest BCUT2D eigenvalue weighted by molar-refractivity contribution is 5.97. The van der Waals surface area contributed by atoms with E-state index in [0.717, 1.165) is 5.52 Å². The van der Waals surface area contributed by atoms with Crippen molar-refractivity contribution in [1.29, 1.82) is 0 Å². The molecule has 43 heavy (non-hydrogen) atoms. The first kappa shape index (κ1) is 32.1. The van der Waals surface area contributed by atoms with Gasteiger partial charge in [-0.15, -0.1) is 0 Å². The second-order valence-electron chi connectivity index (χ2n) is 9.76. The molecule has 4 unspecified atom stereocenters. The normalized spacial score (nSPS) is 13.7. The minimum Gasteiger partial charge on any atom is -0.508 e. The number of nitrogens with one attached hydrogen (secondary N) is 4. The molecule has 4 atom stereocenters. The Bertz CT molecular complexity index is 1500.